The zero-order valence-electron chi connectivity index (χ0n) is 21.2. The van der Waals surface area contributed by atoms with Crippen LogP contribution in [-0.2, 0) is 9.53 Å². The van der Waals surface area contributed by atoms with E-state index in [9.17, 15) is 4.79 Å². The lowest BCUT2D eigenvalue weighted by atomic mass is 9.47. The second-order valence-corrected chi connectivity index (χ2v) is 12.8. The molecule has 0 radical (unpaired) electrons. The summed E-state index contributed by atoms with van der Waals surface area (Å²) in [6, 6.07) is 0. The lowest BCUT2D eigenvalue weighted by Crippen LogP contribution is -2.50. The van der Waals surface area contributed by atoms with Gasteiger partial charge in [0, 0.05) is 6.92 Å². The molecule has 4 aliphatic carbocycles. The second-order valence-electron chi connectivity index (χ2n) is 12.8. The molecule has 4 aliphatic rings. The Morgan fingerprint density at radius 2 is 1.74 bits per heavy atom. The molecule has 0 aromatic carbocycles. The van der Waals surface area contributed by atoms with Gasteiger partial charge in [0.1, 0.15) is 6.10 Å². The van der Waals surface area contributed by atoms with Crippen molar-refractivity contribution in [1.82, 2.24) is 0 Å². The highest BCUT2D eigenvalue weighted by molar-refractivity contribution is 5.66. The fourth-order valence-electron chi connectivity index (χ4n) is 8.84. The van der Waals surface area contributed by atoms with Crippen LogP contribution in [-0.4, -0.2) is 12.1 Å². The Labute approximate surface area is 192 Å². The molecule has 2 heteroatoms. The summed E-state index contributed by atoms with van der Waals surface area (Å²) in [4.78, 5) is 11.5. The summed E-state index contributed by atoms with van der Waals surface area (Å²) in [5.41, 5.74) is 2.80. The van der Waals surface area contributed by atoms with Gasteiger partial charge in [-0.05, 0) is 97.7 Å². The average molecular weight is 429 g/mol. The minimum atomic E-state index is -0.103. The zero-order chi connectivity index (χ0) is 22.4. The predicted octanol–water partition coefficient (Wildman–Crippen LogP) is 7.96. The van der Waals surface area contributed by atoms with Gasteiger partial charge in [-0.1, -0.05) is 65.5 Å². The fraction of sp³-hybridized carbons (Fsp3) is 0.897. The number of ether oxygens (including phenoxy) is 1. The van der Waals surface area contributed by atoms with Gasteiger partial charge in [0.05, 0.1) is 0 Å². The van der Waals surface area contributed by atoms with Crippen molar-refractivity contribution in [2.24, 2.45) is 46.3 Å². The van der Waals surface area contributed by atoms with E-state index in [1.807, 2.05) is 5.57 Å². The van der Waals surface area contributed by atoms with Crippen LogP contribution < -0.4 is 0 Å². The highest BCUT2D eigenvalue weighted by atomic mass is 16.5. The van der Waals surface area contributed by atoms with E-state index in [4.69, 9.17) is 4.74 Å². The van der Waals surface area contributed by atoms with Gasteiger partial charge in [-0.25, -0.2) is 0 Å². The van der Waals surface area contributed by atoms with Gasteiger partial charge in [0.2, 0.25) is 0 Å². The second kappa shape index (κ2) is 8.86. The predicted molar refractivity (Wildman–Crippen MR) is 129 cm³/mol. The van der Waals surface area contributed by atoms with Crippen LogP contribution in [0.4, 0.5) is 0 Å². The number of hydrogen-bond donors (Lipinski definition) is 0. The molecule has 0 aromatic heterocycles. The van der Waals surface area contributed by atoms with Crippen LogP contribution in [0.1, 0.15) is 112 Å². The highest BCUT2D eigenvalue weighted by Gasteiger charge is 2.58. The number of allylic oxidation sites excluding steroid dienone is 2. The Kier molecular flexibility index (Phi) is 6.68. The van der Waals surface area contributed by atoms with E-state index >= 15 is 0 Å². The van der Waals surface area contributed by atoms with Gasteiger partial charge in [0.15, 0.2) is 0 Å². The molecule has 0 heterocycles. The molecule has 8 atom stereocenters. The molecule has 0 saturated heterocycles. The minimum absolute atomic E-state index is 0.103. The van der Waals surface area contributed by atoms with Crippen LogP contribution in [0.25, 0.3) is 0 Å². The van der Waals surface area contributed by atoms with E-state index < -0.39 is 0 Å². The molecule has 0 amide bonds. The Morgan fingerprint density at radius 3 is 2.45 bits per heavy atom. The van der Waals surface area contributed by atoms with Gasteiger partial charge >= 0.3 is 5.97 Å². The molecular weight excluding hydrogens is 380 g/mol. The third kappa shape index (κ3) is 4.26. The minimum Gasteiger partial charge on any atom is -0.463 e. The Hall–Kier alpha value is -0.790. The van der Waals surface area contributed by atoms with Crippen LogP contribution in [0.2, 0.25) is 0 Å². The summed E-state index contributed by atoms with van der Waals surface area (Å²) in [6.45, 7) is 14.1. The number of hydrogen-bond acceptors (Lipinski definition) is 2. The van der Waals surface area contributed by atoms with Crippen LogP contribution >= 0.6 is 0 Å². The van der Waals surface area contributed by atoms with Crippen molar-refractivity contribution < 1.29 is 9.53 Å². The van der Waals surface area contributed by atoms with E-state index in [0.29, 0.717) is 16.7 Å². The quantitative estimate of drug-likeness (QED) is 0.317. The summed E-state index contributed by atoms with van der Waals surface area (Å²) in [5.74, 6) is 4.81. The van der Waals surface area contributed by atoms with Crippen molar-refractivity contribution in [1.29, 1.82) is 0 Å². The first-order chi connectivity index (χ1) is 14.6. The molecule has 31 heavy (non-hydrogen) atoms. The van der Waals surface area contributed by atoms with Gasteiger partial charge < -0.3 is 4.74 Å². The van der Waals surface area contributed by atoms with Crippen molar-refractivity contribution in [2.75, 3.05) is 0 Å². The molecule has 0 N–H and O–H groups in total. The Balaban J connectivity index is 1.47. The third-order valence-electron chi connectivity index (χ3n) is 10.6. The zero-order valence-corrected chi connectivity index (χ0v) is 21.2. The van der Waals surface area contributed by atoms with Crippen molar-refractivity contribution in [3.8, 4) is 0 Å². The first-order valence-corrected chi connectivity index (χ1v) is 13.5. The first-order valence-electron chi connectivity index (χ1n) is 13.5. The van der Waals surface area contributed by atoms with E-state index in [-0.39, 0.29) is 12.1 Å². The average Bonchev–Trinajstić information content (AvgIpc) is 3.05. The maximum absolute atomic E-state index is 11.5. The van der Waals surface area contributed by atoms with Gasteiger partial charge in [-0.3, -0.25) is 4.79 Å². The van der Waals surface area contributed by atoms with E-state index in [0.717, 1.165) is 42.4 Å². The molecular formula is C29H48O2. The summed E-state index contributed by atoms with van der Waals surface area (Å²) in [7, 11) is 0. The molecule has 0 unspecified atom stereocenters. The van der Waals surface area contributed by atoms with Crippen molar-refractivity contribution in [3.05, 3.63) is 11.6 Å². The van der Waals surface area contributed by atoms with Gasteiger partial charge in [-0.2, -0.15) is 0 Å². The topological polar surface area (TPSA) is 26.3 Å². The number of carbonyl (C=O) groups excluding carboxylic acids is 1. The standard InChI is InChI=1S/C29H48O2/c1-19(2)8-7-9-20(3)25-12-13-26-24-11-10-22-18-23(31-21(4)30)14-16-28(22,5)27(24)15-17-29(25,26)6/h11,19-20,22-23,25-27H,7-10,12-18H2,1-6H3/t20-,22+,23+,25-,26+,27+,28+,29-/m1/s1. The lowest BCUT2D eigenvalue weighted by molar-refractivity contribution is -0.152. The van der Waals surface area contributed by atoms with E-state index in [1.54, 1.807) is 6.92 Å². The Morgan fingerprint density at radius 1 is 1.03 bits per heavy atom. The summed E-state index contributed by atoms with van der Waals surface area (Å²) >= 11 is 0. The van der Waals surface area contributed by atoms with Crippen LogP contribution in [0.5, 0.6) is 0 Å². The van der Waals surface area contributed by atoms with Crippen molar-refractivity contribution in [2.45, 2.75) is 118 Å². The first kappa shape index (κ1) is 23.4. The summed E-state index contributed by atoms with van der Waals surface area (Å²) in [6.07, 6.45) is 17.3. The van der Waals surface area contributed by atoms with Crippen LogP contribution in [0, 0.1) is 46.3 Å². The largest absolute Gasteiger partial charge is 0.463 e. The number of carbonyl (C=O) groups is 1. The Bertz CT molecular complexity index is 693. The molecule has 176 valence electrons. The molecule has 3 fully saturated rings. The van der Waals surface area contributed by atoms with Crippen molar-refractivity contribution in [3.63, 3.8) is 0 Å². The monoisotopic (exact) mass is 428 g/mol. The normalized spacial score (nSPS) is 42.9. The van der Waals surface area contributed by atoms with Crippen LogP contribution in [0.15, 0.2) is 11.6 Å². The summed E-state index contributed by atoms with van der Waals surface area (Å²) < 4.78 is 5.63. The molecule has 0 aliphatic heterocycles. The lowest BCUT2D eigenvalue weighted by Gasteiger charge is -2.58. The molecule has 2 nitrogen and oxygen atoms in total. The number of esters is 1. The molecule has 0 aromatic rings. The third-order valence-corrected chi connectivity index (χ3v) is 10.6. The molecule has 4 rings (SSSR count). The fourth-order valence-corrected chi connectivity index (χ4v) is 8.84. The maximum atomic E-state index is 11.5. The number of fused-ring (bicyclic) bond motifs is 5. The smallest absolute Gasteiger partial charge is 0.302 e. The van der Waals surface area contributed by atoms with E-state index in [2.05, 4.69) is 40.7 Å². The van der Waals surface area contributed by atoms with Crippen LogP contribution in [0.3, 0.4) is 0 Å². The molecule has 0 spiro atoms. The van der Waals surface area contributed by atoms with E-state index in [1.165, 1.54) is 57.8 Å². The molecule has 0 bridgehead atoms. The SMILES string of the molecule is CC(=O)O[C@H]1CC[C@@]2(C)[C@@H](CC=C3[C@@H]2CC[C@]2(C)[C@@H]([C@H](C)CCCC(C)C)CC[C@@H]32)C1. The maximum Gasteiger partial charge on any atom is 0.302 e. The van der Waals surface area contributed by atoms with Gasteiger partial charge in [0.25, 0.3) is 0 Å². The highest BCUT2D eigenvalue weighted by Crippen LogP contribution is 2.67. The number of rotatable bonds is 6. The van der Waals surface area contributed by atoms with Crippen molar-refractivity contribution >= 4 is 5.97 Å². The van der Waals surface area contributed by atoms with Gasteiger partial charge in [-0.15, -0.1) is 0 Å². The summed E-state index contributed by atoms with van der Waals surface area (Å²) in [5, 5.41) is 0. The molecule has 3 saturated carbocycles.